The number of hydrogen-bond acceptors (Lipinski definition) is 5. The maximum absolute atomic E-state index is 12.4. The van der Waals surface area contributed by atoms with E-state index in [1.165, 1.54) is 30.4 Å². The monoisotopic (exact) mass is 312 g/mol. The molecule has 0 unspecified atom stereocenters. The number of anilines is 1. The van der Waals surface area contributed by atoms with Crippen molar-refractivity contribution in [3.63, 3.8) is 0 Å². The molecule has 1 aliphatic carbocycles. The fraction of sp³-hybridized carbons (Fsp3) is 0.417. The number of nitrogens with one attached hydrogen (secondary N) is 2. The van der Waals surface area contributed by atoms with Gasteiger partial charge in [0, 0.05) is 30.7 Å². The average Bonchev–Trinajstić information content (AvgIpc) is 2.93. The number of hydrogen-bond donors (Lipinski definition) is 2. The predicted molar refractivity (Wildman–Crippen MR) is 78.2 cm³/mol. The average molecular weight is 312 g/mol. The molecule has 1 saturated carbocycles. The third kappa shape index (κ3) is 3.02. The fourth-order valence-electron chi connectivity index (χ4n) is 1.91. The Morgan fingerprint density at radius 2 is 2.30 bits per heavy atom. The van der Waals surface area contributed by atoms with E-state index in [1.54, 1.807) is 24.0 Å². The fourth-order valence-corrected chi connectivity index (χ4v) is 4.33. The Hall–Kier alpha value is -1.38. The Kier molecular flexibility index (Phi) is 3.53. The highest BCUT2D eigenvalue weighted by Crippen LogP contribution is 2.26. The molecular formula is C12H16N4O2S2. The highest BCUT2D eigenvalue weighted by molar-refractivity contribution is 7.93. The Labute approximate surface area is 121 Å². The molecule has 0 saturated heterocycles. The van der Waals surface area contributed by atoms with Crippen LogP contribution >= 0.6 is 11.3 Å². The number of aryl methyl sites for hydroxylation is 1. The van der Waals surface area contributed by atoms with E-state index in [0.717, 1.165) is 4.88 Å². The SMILES string of the molecule is Cn1cc(NS(=O)(=O)c2ccsc2CNC2CC2)cn1. The summed E-state index contributed by atoms with van der Waals surface area (Å²) in [5.74, 6) is 0. The molecule has 1 aliphatic rings. The predicted octanol–water partition coefficient (Wildman–Crippen LogP) is 1.53. The van der Waals surface area contributed by atoms with E-state index in [0.29, 0.717) is 23.2 Å². The lowest BCUT2D eigenvalue weighted by molar-refractivity contribution is 0.599. The van der Waals surface area contributed by atoms with Crippen molar-refractivity contribution in [2.45, 2.75) is 30.3 Å². The van der Waals surface area contributed by atoms with Crippen LogP contribution in [-0.2, 0) is 23.6 Å². The van der Waals surface area contributed by atoms with Crippen LogP contribution in [0.1, 0.15) is 17.7 Å². The summed E-state index contributed by atoms with van der Waals surface area (Å²) in [5.41, 5.74) is 0.472. The number of aromatic nitrogens is 2. The van der Waals surface area contributed by atoms with Gasteiger partial charge < -0.3 is 5.32 Å². The molecule has 0 atom stereocenters. The summed E-state index contributed by atoms with van der Waals surface area (Å²) in [6.45, 7) is 0.603. The Morgan fingerprint density at radius 1 is 1.50 bits per heavy atom. The molecule has 0 radical (unpaired) electrons. The lowest BCUT2D eigenvalue weighted by Gasteiger charge is -2.07. The van der Waals surface area contributed by atoms with Crippen molar-refractivity contribution in [1.82, 2.24) is 15.1 Å². The highest BCUT2D eigenvalue weighted by Gasteiger charge is 2.24. The molecule has 0 spiro atoms. The molecule has 0 aromatic carbocycles. The summed E-state index contributed by atoms with van der Waals surface area (Å²) in [6.07, 6.45) is 5.49. The first-order valence-electron chi connectivity index (χ1n) is 6.36. The molecule has 20 heavy (non-hydrogen) atoms. The molecule has 0 aliphatic heterocycles. The van der Waals surface area contributed by atoms with E-state index < -0.39 is 10.0 Å². The maximum atomic E-state index is 12.4. The second-order valence-electron chi connectivity index (χ2n) is 4.87. The maximum Gasteiger partial charge on any atom is 0.263 e. The summed E-state index contributed by atoms with van der Waals surface area (Å²) < 4.78 is 28.9. The van der Waals surface area contributed by atoms with Crippen LogP contribution in [0.15, 0.2) is 28.7 Å². The Balaban J connectivity index is 1.77. The summed E-state index contributed by atoms with van der Waals surface area (Å²) in [4.78, 5) is 1.19. The molecule has 8 heteroatoms. The Morgan fingerprint density at radius 3 is 2.95 bits per heavy atom. The van der Waals surface area contributed by atoms with Crippen molar-refractivity contribution in [3.8, 4) is 0 Å². The van der Waals surface area contributed by atoms with Crippen LogP contribution in [0.4, 0.5) is 5.69 Å². The van der Waals surface area contributed by atoms with Gasteiger partial charge in [0.05, 0.1) is 11.9 Å². The van der Waals surface area contributed by atoms with Gasteiger partial charge in [-0.25, -0.2) is 8.42 Å². The van der Waals surface area contributed by atoms with Gasteiger partial charge in [-0.05, 0) is 24.3 Å². The zero-order valence-corrected chi connectivity index (χ0v) is 12.7. The van der Waals surface area contributed by atoms with E-state index in [4.69, 9.17) is 0 Å². The van der Waals surface area contributed by atoms with Gasteiger partial charge in [-0.15, -0.1) is 11.3 Å². The van der Waals surface area contributed by atoms with E-state index in [2.05, 4.69) is 15.1 Å². The zero-order chi connectivity index (χ0) is 14.2. The second kappa shape index (κ2) is 5.19. The van der Waals surface area contributed by atoms with E-state index in [-0.39, 0.29) is 0 Å². The quantitative estimate of drug-likeness (QED) is 0.848. The third-order valence-corrected chi connectivity index (χ3v) is 5.60. The van der Waals surface area contributed by atoms with Gasteiger partial charge in [-0.2, -0.15) is 5.10 Å². The van der Waals surface area contributed by atoms with Gasteiger partial charge in [-0.1, -0.05) is 0 Å². The van der Waals surface area contributed by atoms with Crippen LogP contribution in [0.3, 0.4) is 0 Å². The first kappa shape index (κ1) is 13.6. The van der Waals surface area contributed by atoms with Gasteiger partial charge in [0.2, 0.25) is 0 Å². The Bertz CT molecular complexity index is 701. The second-order valence-corrected chi connectivity index (χ2v) is 7.52. The molecular weight excluding hydrogens is 296 g/mol. The lowest BCUT2D eigenvalue weighted by Crippen LogP contribution is -2.18. The van der Waals surface area contributed by atoms with Crippen molar-refractivity contribution in [3.05, 3.63) is 28.7 Å². The van der Waals surface area contributed by atoms with Crippen LogP contribution < -0.4 is 10.0 Å². The van der Waals surface area contributed by atoms with Gasteiger partial charge >= 0.3 is 0 Å². The van der Waals surface area contributed by atoms with Crippen LogP contribution in [0.2, 0.25) is 0 Å². The summed E-state index contributed by atoms with van der Waals surface area (Å²) in [7, 11) is -1.80. The first-order chi connectivity index (χ1) is 9.54. The number of nitrogens with zero attached hydrogens (tertiary/aromatic N) is 2. The molecule has 0 bridgehead atoms. The number of rotatable bonds is 6. The van der Waals surface area contributed by atoms with Gasteiger partial charge in [-0.3, -0.25) is 9.40 Å². The minimum Gasteiger partial charge on any atom is -0.309 e. The topological polar surface area (TPSA) is 76.0 Å². The zero-order valence-electron chi connectivity index (χ0n) is 11.0. The standard InChI is InChI=1S/C12H16N4O2S2/c1-16-8-10(6-14-16)15-20(17,18)12-4-5-19-11(12)7-13-9-2-3-9/h4-6,8-9,13,15H,2-3,7H2,1H3. The number of thiophene rings is 1. The summed E-state index contributed by atoms with van der Waals surface area (Å²) >= 11 is 1.46. The van der Waals surface area contributed by atoms with E-state index in [1.807, 2.05) is 5.38 Å². The minimum atomic E-state index is -3.55. The minimum absolute atomic E-state index is 0.347. The van der Waals surface area contributed by atoms with Crippen molar-refractivity contribution in [1.29, 1.82) is 0 Å². The molecule has 2 aromatic heterocycles. The third-order valence-electron chi connectivity index (χ3n) is 3.08. The normalized spacial score (nSPS) is 15.4. The van der Waals surface area contributed by atoms with E-state index in [9.17, 15) is 8.42 Å². The van der Waals surface area contributed by atoms with Crippen LogP contribution in [0.5, 0.6) is 0 Å². The molecule has 2 aromatic rings. The molecule has 2 N–H and O–H groups in total. The first-order valence-corrected chi connectivity index (χ1v) is 8.72. The summed E-state index contributed by atoms with van der Waals surface area (Å²) in [5, 5.41) is 9.10. The van der Waals surface area contributed by atoms with Crippen molar-refractivity contribution in [2.75, 3.05) is 4.72 Å². The highest BCUT2D eigenvalue weighted by atomic mass is 32.2. The summed E-state index contributed by atoms with van der Waals surface area (Å²) in [6, 6.07) is 2.20. The molecule has 0 amide bonds. The number of sulfonamides is 1. The van der Waals surface area contributed by atoms with E-state index >= 15 is 0 Å². The van der Waals surface area contributed by atoms with Crippen molar-refractivity contribution in [2.24, 2.45) is 7.05 Å². The van der Waals surface area contributed by atoms with Crippen molar-refractivity contribution >= 4 is 27.0 Å². The van der Waals surface area contributed by atoms with Crippen LogP contribution in [-0.4, -0.2) is 24.2 Å². The van der Waals surface area contributed by atoms with Crippen molar-refractivity contribution < 1.29 is 8.42 Å². The van der Waals surface area contributed by atoms with Crippen LogP contribution in [0, 0.1) is 0 Å². The van der Waals surface area contributed by atoms with Gasteiger partial charge in [0.15, 0.2) is 0 Å². The molecule has 6 nitrogen and oxygen atoms in total. The lowest BCUT2D eigenvalue weighted by atomic mass is 10.4. The molecule has 108 valence electrons. The molecule has 1 fully saturated rings. The molecule has 3 rings (SSSR count). The smallest absolute Gasteiger partial charge is 0.263 e. The van der Waals surface area contributed by atoms with Gasteiger partial charge in [0.25, 0.3) is 10.0 Å². The largest absolute Gasteiger partial charge is 0.309 e. The molecule has 2 heterocycles. The van der Waals surface area contributed by atoms with Gasteiger partial charge in [0.1, 0.15) is 4.90 Å². The van der Waals surface area contributed by atoms with Crippen LogP contribution in [0.25, 0.3) is 0 Å².